The third-order valence-electron chi connectivity index (χ3n) is 3.24. The predicted octanol–water partition coefficient (Wildman–Crippen LogP) is 4.91. The number of hydrogen-bond acceptors (Lipinski definition) is 2. The molecule has 3 rings (SSSR count). The van der Waals surface area contributed by atoms with Crippen LogP contribution in [0.1, 0.15) is 5.56 Å². The Kier molecular flexibility index (Phi) is 3.59. The Balaban J connectivity index is 2.36. The van der Waals surface area contributed by atoms with Gasteiger partial charge in [-0.25, -0.2) is 4.39 Å². The van der Waals surface area contributed by atoms with Gasteiger partial charge in [-0.1, -0.05) is 15.9 Å². The van der Waals surface area contributed by atoms with Crippen LogP contribution < -0.4 is 4.74 Å². The van der Waals surface area contributed by atoms with Gasteiger partial charge >= 0.3 is 0 Å². The van der Waals surface area contributed by atoms with E-state index in [4.69, 9.17) is 17.0 Å². The maximum absolute atomic E-state index is 13.8. The van der Waals surface area contributed by atoms with Gasteiger partial charge in [0.05, 0.1) is 18.1 Å². The van der Waals surface area contributed by atoms with Crippen molar-refractivity contribution < 1.29 is 9.13 Å². The van der Waals surface area contributed by atoms with Crippen LogP contribution in [0, 0.1) is 17.5 Å². The van der Waals surface area contributed by atoms with Crippen molar-refractivity contribution in [3.05, 3.63) is 51.0 Å². The molecule has 0 saturated carbocycles. The number of methoxy groups -OCH3 is 1. The fourth-order valence-corrected chi connectivity index (χ4v) is 3.28. The lowest BCUT2D eigenvalue weighted by molar-refractivity contribution is 0.387. The Morgan fingerprint density at radius 1 is 1.24 bits per heavy atom. The highest BCUT2D eigenvalue weighted by Gasteiger charge is 2.12. The second-order valence-electron chi connectivity index (χ2n) is 4.76. The van der Waals surface area contributed by atoms with Gasteiger partial charge in [0.1, 0.15) is 0 Å². The minimum Gasteiger partial charge on any atom is -0.494 e. The first-order valence-electron chi connectivity index (χ1n) is 6.25. The molecule has 0 atom stereocenters. The maximum atomic E-state index is 13.8. The van der Waals surface area contributed by atoms with Crippen molar-refractivity contribution >= 4 is 39.2 Å². The number of halogens is 2. The summed E-state index contributed by atoms with van der Waals surface area (Å²) < 4.78 is 22.2. The third-order valence-corrected chi connectivity index (χ3v) is 3.98. The van der Waals surface area contributed by atoms with Crippen molar-refractivity contribution in [3.8, 4) is 11.4 Å². The molecule has 0 amide bonds. The fourth-order valence-electron chi connectivity index (χ4n) is 2.37. The summed E-state index contributed by atoms with van der Waals surface area (Å²) in [5.74, 6) is -0.226. The number of rotatable bonds is 2. The van der Waals surface area contributed by atoms with Crippen molar-refractivity contribution in [3.63, 3.8) is 0 Å². The molecule has 108 valence electrons. The topological polar surface area (TPSA) is 29.9 Å². The normalized spacial score (nSPS) is 11.0. The number of aromatic amines is 1. The number of H-pyrrole nitrogens is 1. The number of benzene rings is 2. The highest BCUT2D eigenvalue weighted by Crippen LogP contribution is 2.28. The van der Waals surface area contributed by atoms with E-state index in [1.807, 2.05) is 29.7 Å². The van der Waals surface area contributed by atoms with Crippen LogP contribution in [-0.4, -0.2) is 16.7 Å². The van der Waals surface area contributed by atoms with E-state index in [0.717, 1.165) is 21.2 Å². The van der Waals surface area contributed by atoms with E-state index in [0.29, 0.717) is 10.3 Å². The van der Waals surface area contributed by atoms with Crippen LogP contribution in [-0.2, 0) is 0 Å². The van der Waals surface area contributed by atoms with E-state index in [1.165, 1.54) is 13.2 Å². The lowest BCUT2D eigenvalue weighted by Crippen LogP contribution is -1.96. The van der Waals surface area contributed by atoms with Crippen molar-refractivity contribution in [2.24, 2.45) is 0 Å². The first-order chi connectivity index (χ1) is 9.99. The Morgan fingerprint density at radius 2 is 2.00 bits per heavy atom. The summed E-state index contributed by atoms with van der Waals surface area (Å²) in [4.78, 5) is 3.02. The highest BCUT2D eigenvalue weighted by atomic mass is 79.9. The van der Waals surface area contributed by atoms with Crippen molar-refractivity contribution in [2.45, 2.75) is 6.92 Å². The molecule has 0 radical (unpaired) electrons. The van der Waals surface area contributed by atoms with E-state index >= 15 is 0 Å². The Morgan fingerprint density at radius 3 is 2.67 bits per heavy atom. The van der Waals surface area contributed by atoms with Gasteiger partial charge in [0.15, 0.2) is 16.3 Å². The van der Waals surface area contributed by atoms with Crippen molar-refractivity contribution in [2.75, 3.05) is 7.11 Å². The molecule has 0 bridgehead atoms. The molecule has 0 unspecified atom stereocenters. The lowest BCUT2D eigenvalue weighted by Gasteiger charge is -2.08. The van der Waals surface area contributed by atoms with Gasteiger partial charge in [-0.15, -0.1) is 0 Å². The zero-order chi connectivity index (χ0) is 15.1. The smallest absolute Gasteiger partial charge is 0.182 e. The zero-order valence-electron chi connectivity index (χ0n) is 11.4. The van der Waals surface area contributed by atoms with E-state index in [2.05, 4.69) is 20.9 Å². The molecule has 1 heterocycles. The second-order valence-corrected chi connectivity index (χ2v) is 6.06. The molecule has 1 N–H and O–H groups in total. The molecule has 0 fully saturated rings. The van der Waals surface area contributed by atoms with Gasteiger partial charge in [0, 0.05) is 22.3 Å². The van der Waals surface area contributed by atoms with Crippen LogP contribution in [0.5, 0.6) is 5.75 Å². The largest absolute Gasteiger partial charge is 0.494 e. The fraction of sp³-hybridized carbons (Fsp3) is 0.133. The number of ether oxygens (including phenoxy) is 1. The summed E-state index contributed by atoms with van der Waals surface area (Å²) in [6, 6.07) is 9.04. The average molecular weight is 367 g/mol. The summed E-state index contributed by atoms with van der Waals surface area (Å²) in [5.41, 5.74) is 3.42. The summed E-state index contributed by atoms with van der Waals surface area (Å²) >= 11 is 8.86. The Labute approximate surface area is 134 Å². The SMILES string of the molecule is COc1cc2c(cc1F)[nH]c(=S)n2-c1cc(C)cc(Br)c1. The van der Waals surface area contributed by atoms with Gasteiger partial charge in [-0.2, -0.15) is 0 Å². The minimum atomic E-state index is -0.418. The van der Waals surface area contributed by atoms with Crippen molar-refractivity contribution in [1.82, 2.24) is 9.55 Å². The van der Waals surface area contributed by atoms with Gasteiger partial charge in [0.25, 0.3) is 0 Å². The van der Waals surface area contributed by atoms with Gasteiger partial charge in [-0.3, -0.25) is 4.57 Å². The molecule has 1 aromatic heterocycles. The van der Waals surface area contributed by atoms with Gasteiger partial charge < -0.3 is 9.72 Å². The number of fused-ring (bicyclic) bond motifs is 1. The standard InChI is InChI=1S/C15H12BrFN2OS/c1-8-3-9(16)5-10(4-8)19-13-7-14(20-2)11(17)6-12(13)18-15(19)21/h3-7H,1-2H3,(H,18,21). The molecule has 0 aliphatic carbocycles. The summed E-state index contributed by atoms with van der Waals surface area (Å²) in [5, 5.41) is 0. The lowest BCUT2D eigenvalue weighted by atomic mass is 10.2. The zero-order valence-corrected chi connectivity index (χ0v) is 13.8. The second kappa shape index (κ2) is 5.27. The summed E-state index contributed by atoms with van der Waals surface area (Å²) in [6.45, 7) is 2.01. The number of nitrogens with one attached hydrogen (secondary N) is 1. The van der Waals surface area contributed by atoms with Crippen LogP contribution in [0.15, 0.2) is 34.8 Å². The van der Waals surface area contributed by atoms with E-state index < -0.39 is 5.82 Å². The minimum absolute atomic E-state index is 0.192. The van der Waals surface area contributed by atoms with E-state index in [-0.39, 0.29) is 5.75 Å². The molecule has 0 aliphatic heterocycles. The Bertz CT molecular complexity index is 880. The first-order valence-corrected chi connectivity index (χ1v) is 7.45. The monoisotopic (exact) mass is 366 g/mol. The molecule has 2 aromatic carbocycles. The van der Waals surface area contributed by atoms with Crippen LogP contribution in [0.3, 0.4) is 0 Å². The number of aromatic nitrogens is 2. The molecule has 3 aromatic rings. The van der Waals surface area contributed by atoms with Gasteiger partial charge in [0.2, 0.25) is 0 Å². The molecule has 0 saturated heterocycles. The quantitative estimate of drug-likeness (QED) is 0.653. The summed E-state index contributed by atoms with van der Waals surface area (Å²) in [7, 11) is 1.44. The number of nitrogens with zero attached hydrogens (tertiary/aromatic N) is 1. The molecule has 0 spiro atoms. The van der Waals surface area contributed by atoms with Crippen LogP contribution in [0.4, 0.5) is 4.39 Å². The Hall–Kier alpha value is -1.66. The molecule has 0 aliphatic rings. The first kappa shape index (κ1) is 14.3. The van der Waals surface area contributed by atoms with Crippen LogP contribution in [0.2, 0.25) is 0 Å². The molecule has 3 nitrogen and oxygen atoms in total. The maximum Gasteiger partial charge on any atom is 0.182 e. The predicted molar refractivity (Wildman–Crippen MR) is 87.4 cm³/mol. The molecule has 6 heteroatoms. The van der Waals surface area contributed by atoms with E-state index in [9.17, 15) is 4.39 Å². The van der Waals surface area contributed by atoms with Crippen molar-refractivity contribution in [1.29, 1.82) is 0 Å². The van der Waals surface area contributed by atoms with Gasteiger partial charge in [-0.05, 0) is 42.9 Å². The summed E-state index contributed by atoms with van der Waals surface area (Å²) in [6.07, 6.45) is 0. The molecular formula is C15H12BrFN2OS. The van der Waals surface area contributed by atoms with Crippen LogP contribution in [0.25, 0.3) is 16.7 Å². The number of imidazole rings is 1. The molecular weight excluding hydrogens is 355 g/mol. The number of hydrogen-bond donors (Lipinski definition) is 1. The highest BCUT2D eigenvalue weighted by molar-refractivity contribution is 9.10. The van der Waals surface area contributed by atoms with Crippen LogP contribution >= 0.6 is 28.1 Å². The number of aryl methyl sites for hydroxylation is 1. The third kappa shape index (κ3) is 2.49. The molecule has 21 heavy (non-hydrogen) atoms. The van der Waals surface area contributed by atoms with E-state index in [1.54, 1.807) is 6.07 Å². The average Bonchev–Trinajstić information content (AvgIpc) is 2.71.